The minimum Gasteiger partial charge on any atom is -0.345 e. The second-order valence-corrected chi connectivity index (χ2v) is 7.05. The van der Waals surface area contributed by atoms with Crippen molar-refractivity contribution in [2.45, 2.75) is 65.8 Å². The molecule has 0 atom stereocenters. The van der Waals surface area contributed by atoms with Gasteiger partial charge in [-0.2, -0.15) is 0 Å². The molecule has 2 heteroatoms. The summed E-state index contributed by atoms with van der Waals surface area (Å²) in [6.07, 6.45) is 6.10. The van der Waals surface area contributed by atoms with Crippen molar-refractivity contribution in [2.75, 3.05) is 0 Å². The number of hydrogen-bond donors (Lipinski definition) is 0. The van der Waals surface area contributed by atoms with Gasteiger partial charge in [-0.25, -0.2) is 0 Å². The molecule has 18 heavy (non-hydrogen) atoms. The van der Waals surface area contributed by atoms with Gasteiger partial charge in [-0.3, -0.25) is 4.79 Å². The van der Waals surface area contributed by atoms with Crippen molar-refractivity contribution < 1.29 is 4.79 Å². The summed E-state index contributed by atoms with van der Waals surface area (Å²) in [5, 5.41) is 0. The molecule has 0 amide bonds. The average molecular weight is 247 g/mol. The van der Waals surface area contributed by atoms with Crippen molar-refractivity contribution in [2.24, 2.45) is 5.41 Å². The molecule has 2 nitrogen and oxygen atoms in total. The van der Waals surface area contributed by atoms with Gasteiger partial charge in [-0.15, -0.1) is 0 Å². The fourth-order valence-electron chi connectivity index (χ4n) is 3.24. The second kappa shape index (κ2) is 4.25. The molecule has 0 unspecified atom stereocenters. The number of aromatic nitrogens is 1. The molecular formula is C16H25NO. The quantitative estimate of drug-likeness (QED) is 0.785. The SMILES string of the molecule is CCCC(C)(C)n1ccc2c1CC(C)(C)CC2=O. The summed E-state index contributed by atoms with van der Waals surface area (Å²) in [5.74, 6) is 0.312. The normalized spacial score (nSPS) is 18.8. The Morgan fingerprint density at radius 2 is 2.00 bits per heavy atom. The van der Waals surface area contributed by atoms with Crippen LogP contribution in [0.25, 0.3) is 0 Å². The average Bonchev–Trinajstić information content (AvgIpc) is 2.59. The van der Waals surface area contributed by atoms with Gasteiger partial charge in [0.1, 0.15) is 0 Å². The van der Waals surface area contributed by atoms with Gasteiger partial charge in [0.15, 0.2) is 5.78 Å². The van der Waals surface area contributed by atoms with Gasteiger partial charge in [0, 0.05) is 29.4 Å². The Balaban J connectivity index is 2.46. The molecule has 0 bridgehead atoms. The molecule has 0 saturated carbocycles. The molecule has 0 radical (unpaired) electrons. The van der Waals surface area contributed by atoms with E-state index in [-0.39, 0.29) is 11.0 Å². The summed E-state index contributed by atoms with van der Waals surface area (Å²) in [5.41, 5.74) is 2.41. The number of fused-ring (bicyclic) bond motifs is 1. The topological polar surface area (TPSA) is 22.0 Å². The molecule has 100 valence electrons. The number of rotatable bonds is 3. The van der Waals surface area contributed by atoms with E-state index in [4.69, 9.17) is 0 Å². The monoisotopic (exact) mass is 247 g/mol. The van der Waals surface area contributed by atoms with Crippen molar-refractivity contribution in [3.63, 3.8) is 0 Å². The maximum atomic E-state index is 12.2. The zero-order chi connectivity index (χ0) is 13.6. The van der Waals surface area contributed by atoms with Crippen LogP contribution >= 0.6 is 0 Å². The fourth-order valence-corrected chi connectivity index (χ4v) is 3.24. The van der Waals surface area contributed by atoms with Crippen LogP contribution in [0.4, 0.5) is 0 Å². The molecule has 0 N–H and O–H groups in total. The minimum absolute atomic E-state index is 0.0997. The van der Waals surface area contributed by atoms with E-state index in [9.17, 15) is 4.79 Å². The van der Waals surface area contributed by atoms with Gasteiger partial charge in [0.25, 0.3) is 0 Å². The summed E-state index contributed by atoms with van der Waals surface area (Å²) >= 11 is 0. The highest BCUT2D eigenvalue weighted by atomic mass is 16.1. The van der Waals surface area contributed by atoms with Crippen molar-refractivity contribution in [1.82, 2.24) is 4.57 Å². The maximum absolute atomic E-state index is 12.2. The Labute approximate surface area is 110 Å². The van der Waals surface area contributed by atoms with Gasteiger partial charge in [-0.1, -0.05) is 27.2 Å². The van der Waals surface area contributed by atoms with Crippen molar-refractivity contribution in [1.29, 1.82) is 0 Å². The van der Waals surface area contributed by atoms with Crippen molar-refractivity contribution in [3.8, 4) is 0 Å². The Kier molecular flexibility index (Phi) is 3.16. The van der Waals surface area contributed by atoms with Crippen LogP contribution in [-0.4, -0.2) is 10.4 Å². The molecule has 0 aromatic carbocycles. The fraction of sp³-hybridized carbons (Fsp3) is 0.688. The maximum Gasteiger partial charge on any atom is 0.165 e. The molecule has 0 fully saturated rings. The van der Waals surface area contributed by atoms with Crippen LogP contribution in [0.3, 0.4) is 0 Å². The zero-order valence-electron chi connectivity index (χ0n) is 12.3. The van der Waals surface area contributed by atoms with Crippen molar-refractivity contribution in [3.05, 3.63) is 23.5 Å². The number of hydrogen-bond acceptors (Lipinski definition) is 1. The van der Waals surface area contributed by atoms with E-state index >= 15 is 0 Å². The van der Waals surface area contributed by atoms with E-state index in [0.717, 1.165) is 24.8 Å². The van der Waals surface area contributed by atoms with Crippen LogP contribution in [-0.2, 0) is 12.0 Å². The van der Waals surface area contributed by atoms with Gasteiger partial charge < -0.3 is 4.57 Å². The first-order valence-corrected chi connectivity index (χ1v) is 7.01. The van der Waals surface area contributed by atoms with Crippen LogP contribution in [0.5, 0.6) is 0 Å². The van der Waals surface area contributed by atoms with Crippen LogP contribution in [0.2, 0.25) is 0 Å². The van der Waals surface area contributed by atoms with E-state index in [1.54, 1.807) is 0 Å². The molecule has 0 aliphatic heterocycles. The third kappa shape index (κ3) is 2.25. The Morgan fingerprint density at radius 1 is 1.33 bits per heavy atom. The molecule has 1 aliphatic rings. The van der Waals surface area contributed by atoms with E-state index < -0.39 is 0 Å². The molecule has 2 rings (SSSR count). The number of carbonyl (C=O) groups is 1. The number of carbonyl (C=O) groups excluding carboxylic acids is 1. The van der Waals surface area contributed by atoms with Gasteiger partial charge in [-0.05, 0) is 38.2 Å². The summed E-state index contributed by atoms with van der Waals surface area (Å²) in [6.45, 7) is 11.1. The van der Waals surface area contributed by atoms with E-state index in [1.165, 1.54) is 5.69 Å². The lowest BCUT2D eigenvalue weighted by Gasteiger charge is -2.35. The highest BCUT2D eigenvalue weighted by Crippen LogP contribution is 2.37. The molecular weight excluding hydrogens is 222 g/mol. The largest absolute Gasteiger partial charge is 0.345 e. The predicted octanol–water partition coefficient (Wildman–Crippen LogP) is 4.18. The third-order valence-corrected chi connectivity index (χ3v) is 4.09. The standard InChI is InChI=1S/C16H25NO/c1-6-8-16(4,5)17-9-7-12-13(17)10-15(2,3)11-14(12)18/h7,9H,6,8,10-11H2,1-5H3. The first-order chi connectivity index (χ1) is 8.27. The number of nitrogens with zero attached hydrogens (tertiary/aromatic N) is 1. The van der Waals surface area contributed by atoms with Gasteiger partial charge in [0.05, 0.1) is 0 Å². The molecule has 1 heterocycles. The first-order valence-electron chi connectivity index (χ1n) is 7.01. The summed E-state index contributed by atoms with van der Waals surface area (Å²) in [4.78, 5) is 12.2. The third-order valence-electron chi connectivity index (χ3n) is 4.09. The molecule has 1 aromatic rings. The lowest BCUT2D eigenvalue weighted by Crippen LogP contribution is -2.33. The van der Waals surface area contributed by atoms with Gasteiger partial charge in [0.2, 0.25) is 0 Å². The predicted molar refractivity (Wildman–Crippen MR) is 75.1 cm³/mol. The van der Waals surface area contributed by atoms with Crippen molar-refractivity contribution >= 4 is 5.78 Å². The molecule has 1 aliphatic carbocycles. The van der Waals surface area contributed by atoms with Crippen LogP contribution in [0, 0.1) is 5.41 Å². The number of Topliss-reactive ketones (excluding diaryl/α,β-unsaturated/α-hetero) is 1. The van der Waals surface area contributed by atoms with Gasteiger partial charge >= 0.3 is 0 Å². The zero-order valence-corrected chi connectivity index (χ0v) is 12.3. The van der Waals surface area contributed by atoms with E-state index in [2.05, 4.69) is 45.4 Å². The van der Waals surface area contributed by atoms with E-state index in [1.807, 2.05) is 6.07 Å². The summed E-state index contributed by atoms with van der Waals surface area (Å²) < 4.78 is 2.34. The lowest BCUT2D eigenvalue weighted by molar-refractivity contribution is 0.0907. The minimum atomic E-state index is 0.0997. The first kappa shape index (κ1) is 13.4. The second-order valence-electron chi connectivity index (χ2n) is 7.05. The smallest absolute Gasteiger partial charge is 0.165 e. The Morgan fingerprint density at radius 3 is 2.61 bits per heavy atom. The van der Waals surface area contributed by atoms with Crippen LogP contribution in [0.1, 0.15) is 69.9 Å². The van der Waals surface area contributed by atoms with Crippen LogP contribution < -0.4 is 0 Å². The Hall–Kier alpha value is -1.05. The summed E-state index contributed by atoms with van der Waals surface area (Å²) in [6, 6.07) is 2.02. The number of ketones is 1. The molecule has 0 saturated heterocycles. The highest BCUT2D eigenvalue weighted by Gasteiger charge is 2.35. The summed E-state index contributed by atoms with van der Waals surface area (Å²) in [7, 11) is 0. The Bertz CT molecular complexity index is 465. The van der Waals surface area contributed by atoms with Crippen LogP contribution in [0.15, 0.2) is 12.3 Å². The lowest BCUT2D eigenvalue weighted by atomic mass is 9.76. The molecule has 1 aromatic heterocycles. The molecule has 0 spiro atoms. The highest BCUT2D eigenvalue weighted by molar-refractivity contribution is 5.98. The van der Waals surface area contributed by atoms with E-state index in [0.29, 0.717) is 12.2 Å².